The van der Waals surface area contributed by atoms with Gasteiger partial charge in [0.05, 0.1) is 12.8 Å². The predicted molar refractivity (Wildman–Crippen MR) is 99.1 cm³/mol. The Hall–Kier alpha value is -3.13. The average Bonchev–Trinajstić information content (AvgIpc) is 3.07. The van der Waals surface area contributed by atoms with Crippen molar-refractivity contribution >= 4 is 11.2 Å². The van der Waals surface area contributed by atoms with Gasteiger partial charge in [0.15, 0.2) is 11.4 Å². The van der Waals surface area contributed by atoms with Gasteiger partial charge in [-0.15, -0.1) is 0 Å². The Balaban J connectivity index is 1.82. The van der Waals surface area contributed by atoms with E-state index in [0.29, 0.717) is 36.9 Å². The van der Waals surface area contributed by atoms with Crippen molar-refractivity contribution in [3.63, 3.8) is 0 Å². The first kappa shape index (κ1) is 18.7. The van der Waals surface area contributed by atoms with Crippen molar-refractivity contribution in [2.45, 2.75) is 26.5 Å². The van der Waals surface area contributed by atoms with Crippen LogP contribution < -0.4 is 4.74 Å². The fourth-order valence-electron chi connectivity index (χ4n) is 2.64. The predicted octanol–water partition coefficient (Wildman–Crippen LogP) is 2.59. The summed E-state index contributed by atoms with van der Waals surface area (Å²) in [6.07, 6.45) is 3.30. The third-order valence-corrected chi connectivity index (χ3v) is 3.94. The van der Waals surface area contributed by atoms with Gasteiger partial charge < -0.3 is 19.7 Å². The highest BCUT2D eigenvalue weighted by Gasteiger charge is 2.15. The number of imidazole rings is 1. The molecule has 0 bridgehead atoms. The Kier molecular flexibility index (Phi) is 6.22. The largest absolute Gasteiger partial charge is 0.509 e. The second-order valence-electron chi connectivity index (χ2n) is 5.76. The molecular formula is C19H22N4O4. The van der Waals surface area contributed by atoms with Crippen molar-refractivity contribution in [2.75, 3.05) is 13.2 Å². The lowest BCUT2D eigenvalue weighted by Gasteiger charge is -2.12. The van der Waals surface area contributed by atoms with E-state index in [2.05, 4.69) is 15.0 Å². The van der Waals surface area contributed by atoms with Crippen LogP contribution in [0.1, 0.15) is 18.9 Å². The quantitative estimate of drug-likeness (QED) is 0.558. The lowest BCUT2D eigenvalue weighted by molar-refractivity contribution is 0.149. The number of benzene rings is 1. The van der Waals surface area contributed by atoms with Crippen molar-refractivity contribution in [2.24, 2.45) is 0 Å². The lowest BCUT2D eigenvalue weighted by Crippen LogP contribution is -2.08. The van der Waals surface area contributed by atoms with E-state index in [9.17, 15) is 10.2 Å². The van der Waals surface area contributed by atoms with Crippen LogP contribution in [-0.2, 0) is 17.9 Å². The zero-order chi connectivity index (χ0) is 19.1. The molecule has 8 heteroatoms. The molecule has 27 heavy (non-hydrogen) atoms. The van der Waals surface area contributed by atoms with Gasteiger partial charge in [-0.3, -0.25) is 4.57 Å². The van der Waals surface area contributed by atoms with Crippen LogP contribution in [0.5, 0.6) is 6.01 Å². The maximum absolute atomic E-state index is 10.2. The SMILES string of the molecule is CCO/C(CO)=C(/O)CCn1c(OCc2ccccc2)nc2cncnc21. The number of allylic oxidation sites excluding steroid dienone is 1. The monoisotopic (exact) mass is 370 g/mol. The standard InChI is InChI=1S/C19H22N4O4/c1-2-26-17(11-24)16(25)8-9-23-18-15(10-20-13-21-18)22-19(23)27-12-14-6-4-3-5-7-14/h3-7,10,13,24-25H,2,8-9,11-12H2,1H3/b17-16+. The Morgan fingerprint density at radius 2 is 2.04 bits per heavy atom. The third kappa shape index (κ3) is 4.53. The first-order valence-corrected chi connectivity index (χ1v) is 8.70. The maximum atomic E-state index is 10.2. The molecule has 2 N–H and O–H groups in total. The first-order chi connectivity index (χ1) is 13.2. The minimum Gasteiger partial charge on any atom is -0.509 e. The Morgan fingerprint density at radius 1 is 1.22 bits per heavy atom. The summed E-state index contributed by atoms with van der Waals surface area (Å²) >= 11 is 0. The number of aromatic nitrogens is 4. The molecule has 0 spiro atoms. The molecule has 3 aromatic rings. The Bertz CT molecular complexity index is 908. The van der Waals surface area contributed by atoms with Crippen LogP contribution in [0.15, 0.2) is 54.4 Å². The maximum Gasteiger partial charge on any atom is 0.298 e. The minimum absolute atomic E-state index is 0.00994. The summed E-state index contributed by atoms with van der Waals surface area (Å²) in [6, 6.07) is 10.2. The molecular weight excluding hydrogens is 348 g/mol. The number of hydrogen-bond acceptors (Lipinski definition) is 7. The van der Waals surface area contributed by atoms with Gasteiger partial charge in [0, 0.05) is 13.0 Å². The molecule has 8 nitrogen and oxygen atoms in total. The minimum atomic E-state index is -0.357. The molecule has 0 atom stereocenters. The summed E-state index contributed by atoms with van der Waals surface area (Å²) in [5, 5.41) is 19.5. The van der Waals surface area contributed by atoms with Crippen molar-refractivity contribution in [3.8, 4) is 6.01 Å². The molecule has 2 aromatic heterocycles. The summed E-state index contributed by atoms with van der Waals surface area (Å²) in [5.41, 5.74) is 2.24. The fourth-order valence-corrected chi connectivity index (χ4v) is 2.64. The van der Waals surface area contributed by atoms with Crippen LogP contribution in [0.4, 0.5) is 0 Å². The van der Waals surface area contributed by atoms with Gasteiger partial charge in [0.25, 0.3) is 6.01 Å². The van der Waals surface area contributed by atoms with Crippen LogP contribution in [0.2, 0.25) is 0 Å². The van der Waals surface area contributed by atoms with Gasteiger partial charge >= 0.3 is 0 Å². The summed E-state index contributed by atoms with van der Waals surface area (Å²) < 4.78 is 12.9. The van der Waals surface area contributed by atoms with Crippen molar-refractivity contribution < 1.29 is 19.7 Å². The zero-order valence-electron chi connectivity index (χ0n) is 15.1. The van der Waals surface area contributed by atoms with Gasteiger partial charge in [-0.1, -0.05) is 30.3 Å². The molecule has 0 unspecified atom stereocenters. The number of nitrogens with zero attached hydrogens (tertiary/aromatic N) is 4. The van der Waals surface area contributed by atoms with E-state index in [1.54, 1.807) is 17.7 Å². The zero-order valence-corrected chi connectivity index (χ0v) is 15.1. The summed E-state index contributed by atoms with van der Waals surface area (Å²) in [4.78, 5) is 12.7. The third-order valence-electron chi connectivity index (χ3n) is 3.94. The van der Waals surface area contributed by atoms with Crippen molar-refractivity contribution in [3.05, 3.63) is 59.9 Å². The molecule has 0 radical (unpaired) electrons. The van der Waals surface area contributed by atoms with Gasteiger partial charge in [0.2, 0.25) is 0 Å². The second-order valence-corrected chi connectivity index (χ2v) is 5.76. The molecule has 0 aliphatic rings. The molecule has 142 valence electrons. The Labute approximate surface area is 156 Å². The molecule has 0 fully saturated rings. The number of aryl methyl sites for hydroxylation is 1. The molecule has 0 aliphatic carbocycles. The van der Waals surface area contributed by atoms with E-state index in [0.717, 1.165) is 5.56 Å². The Morgan fingerprint density at radius 3 is 2.78 bits per heavy atom. The number of aliphatic hydroxyl groups is 2. The number of fused-ring (bicyclic) bond motifs is 1. The number of ether oxygens (including phenoxy) is 2. The molecule has 0 amide bonds. The normalized spacial score (nSPS) is 12.1. The number of aliphatic hydroxyl groups excluding tert-OH is 2. The highest BCUT2D eigenvalue weighted by Crippen LogP contribution is 2.21. The first-order valence-electron chi connectivity index (χ1n) is 8.70. The number of rotatable bonds is 9. The van der Waals surface area contributed by atoms with Crippen LogP contribution in [-0.4, -0.2) is 42.9 Å². The van der Waals surface area contributed by atoms with Crippen LogP contribution in [0, 0.1) is 0 Å². The average molecular weight is 370 g/mol. The molecule has 1 aromatic carbocycles. The molecule has 3 rings (SSSR count). The molecule has 0 saturated carbocycles. The highest BCUT2D eigenvalue weighted by molar-refractivity contribution is 5.70. The van der Waals surface area contributed by atoms with E-state index < -0.39 is 0 Å². The van der Waals surface area contributed by atoms with Crippen LogP contribution >= 0.6 is 0 Å². The fraction of sp³-hybridized carbons (Fsp3) is 0.316. The molecule has 2 heterocycles. The van der Waals surface area contributed by atoms with E-state index >= 15 is 0 Å². The van der Waals surface area contributed by atoms with Crippen LogP contribution in [0.25, 0.3) is 11.2 Å². The van der Waals surface area contributed by atoms with E-state index in [1.165, 1.54) is 6.33 Å². The van der Waals surface area contributed by atoms with Gasteiger partial charge in [-0.2, -0.15) is 4.98 Å². The lowest BCUT2D eigenvalue weighted by atomic mass is 10.2. The smallest absolute Gasteiger partial charge is 0.298 e. The molecule has 0 aliphatic heterocycles. The highest BCUT2D eigenvalue weighted by atomic mass is 16.5. The van der Waals surface area contributed by atoms with E-state index in [4.69, 9.17) is 9.47 Å². The van der Waals surface area contributed by atoms with Gasteiger partial charge in [0.1, 0.15) is 30.8 Å². The van der Waals surface area contributed by atoms with Crippen LogP contribution in [0.3, 0.4) is 0 Å². The van der Waals surface area contributed by atoms with Crippen molar-refractivity contribution in [1.29, 1.82) is 0 Å². The second kappa shape index (κ2) is 9.00. The topological polar surface area (TPSA) is 103 Å². The summed E-state index contributed by atoms with van der Waals surface area (Å²) in [6.45, 7) is 2.52. The van der Waals surface area contributed by atoms with Crippen molar-refractivity contribution in [1.82, 2.24) is 19.5 Å². The number of hydrogen-bond donors (Lipinski definition) is 2. The van der Waals surface area contributed by atoms with Gasteiger partial charge in [-0.25, -0.2) is 9.97 Å². The van der Waals surface area contributed by atoms with E-state index in [1.807, 2.05) is 30.3 Å². The summed E-state index contributed by atoms with van der Waals surface area (Å²) in [5.74, 6) is 0.160. The van der Waals surface area contributed by atoms with Gasteiger partial charge in [-0.05, 0) is 12.5 Å². The summed E-state index contributed by atoms with van der Waals surface area (Å²) in [7, 11) is 0. The van der Waals surface area contributed by atoms with E-state index in [-0.39, 0.29) is 24.5 Å². The molecule has 0 saturated heterocycles.